The number of fused-ring (bicyclic) bond motifs is 4. The number of para-hydroxylation sites is 4. The third kappa shape index (κ3) is 10.7. The van der Waals surface area contributed by atoms with Gasteiger partial charge in [0.05, 0.1) is 56.9 Å². The van der Waals surface area contributed by atoms with Crippen LogP contribution in [0.1, 0.15) is 50.8 Å². The summed E-state index contributed by atoms with van der Waals surface area (Å²) >= 11 is 0. The predicted molar refractivity (Wildman–Crippen MR) is 273 cm³/mol. The zero-order valence-corrected chi connectivity index (χ0v) is 46.7. The third-order valence-corrected chi connectivity index (χ3v) is 19.3. The molecule has 2 atom stereocenters. The summed E-state index contributed by atoms with van der Waals surface area (Å²) in [4.78, 5) is 64.8. The highest BCUT2D eigenvalue weighted by Crippen LogP contribution is 2.53. The third-order valence-electron chi connectivity index (χ3n) is 12.2. The molecular weight excluding hydrogens is 1300 g/mol. The molecule has 43 heteroatoms. The van der Waals surface area contributed by atoms with Gasteiger partial charge in [0.1, 0.15) is 51.2 Å². The van der Waals surface area contributed by atoms with Crippen LogP contribution in [0.15, 0.2) is 124 Å². The van der Waals surface area contributed by atoms with Crippen LogP contribution in [0.2, 0.25) is 0 Å². The lowest BCUT2D eigenvalue weighted by atomic mass is 9.83. The van der Waals surface area contributed by atoms with E-state index >= 15 is 4.79 Å². The Morgan fingerprint density at radius 3 is 0.750 bits per heavy atom. The van der Waals surface area contributed by atoms with Gasteiger partial charge in [-0.05, 0) is 60.7 Å². The van der Waals surface area contributed by atoms with E-state index in [4.69, 9.17) is 0 Å². The Hall–Kier alpha value is -7.99. The Balaban J connectivity index is 1.54. The fourth-order valence-corrected chi connectivity index (χ4v) is 14.9. The van der Waals surface area contributed by atoms with Gasteiger partial charge in [-0.15, -0.1) is 0 Å². The van der Waals surface area contributed by atoms with E-state index in [-0.39, 0.29) is 19.6 Å². The molecule has 2 unspecified atom stereocenters. The first-order valence-corrected chi connectivity index (χ1v) is 33.0. The molecule has 2 aliphatic carbocycles. The summed E-state index contributed by atoms with van der Waals surface area (Å²) in [5.41, 5.74) is -15.0. The summed E-state index contributed by atoms with van der Waals surface area (Å²) in [5.74, 6) is -1.84. The van der Waals surface area contributed by atoms with E-state index in [1.165, 1.54) is 0 Å². The Morgan fingerprint density at radius 1 is 0.345 bits per heavy atom. The van der Waals surface area contributed by atoms with E-state index in [0.29, 0.717) is 84.9 Å². The molecule has 0 radical (unpaired) electrons. The summed E-state index contributed by atoms with van der Waals surface area (Å²) in [6.45, 7) is 0. The number of carbonyl (C=O) groups is 5. The van der Waals surface area contributed by atoms with E-state index in [2.05, 4.69) is 9.97 Å². The van der Waals surface area contributed by atoms with Gasteiger partial charge in [-0.2, -0.15) is 67.3 Å². The molecular formula is C41H28N6O29S8. The van der Waals surface area contributed by atoms with Crippen LogP contribution < -0.4 is 19.6 Å². The molecule has 2 aromatic heterocycles. The minimum absolute atomic E-state index is 0.0254. The second-order valence-electron chi connectivity index (χ2n) is 17.0. The van der Waals surface area contributed by atoms with Crippen LogP contribution in [0.4, 0.5) is 34.1 Å². The number of amides is 4. The van der Waals surface area contributed by atoms with Crippen molar-refractivity contribution >= 4 is 146 Å². The largest absolute Gasteiger partial charge is 0.297 e. The molecule has 8 N–H and O–H groups in total. The molecule has 4 aromatic carbocycles. The molecule has 444 valence electrons. The van der Waals surface area contributed by atoms with Crippen LogP contribution in [-0.4, -0.2) is 145 Å². The van der Waals surface area contributed by atoms with Crippen molar-refractivity contribution < 1.29 is 128 Å². The molecule has 4 heterocycles. The summed E-state index contributed by atoms with van der Waals surface area (Å²) in [6, 6.07) is 1.72. The van der Waals surface area contributed by atoms with Crippen molar-refractivity contribution in [2.24, 2.45) is 0 Å². The molecule has 0 fully saturated rings. The monoisotopic (exact) mass is 1320 g/mol. The number of benzene rings is 4. The minimum Gasteiger partial charge on any atom is -0.297 e. The van der Waals surface area contributed by atoms with Gasteiger partial charge in [0.15, 0.2) is 5.78 Å². The Kier molecular flexibility index (Phi) is 15.3. The number of rotatable bonds is 22. The topological polar surface area (TPSA) is 559 Å². The second kappa shape index (κ2) is 20.7. The summed E-state index contributed by atoms with van der Waals surface area (Å²) in [5, 5.41) is 0. The number of carbonyl (C=O) groups excluding carboxylic acids is 5. The van der Waals surface area contributed by atoms with Gasteiger partial charge in [0, 0.05) is 11.1 Å². The van der Waals surface area contributed by atoms with Crippen LogP contribution in [0.25, 0.3) is 0 Å². The molecule has 10 rings (SSSR count). The van der Waals surface area contributed by atoms with Crippen LogP contribution in [0.5, 0.6) is 0 Å². The number of nitrogens with zero attached hydrogens (tertiary/aromatic N) is 6. The van der Waals surface area contributed by atoms with Crippen molar-refractivity contribution in [3.05, 3.63) is 119 Å². The Morgan fingerprint density at radius 2 is 0.560 bits per heavy atom. The molecule has 0 saturated carbocycles. The van der Waals surface area contributed by atoms with Crippen molar-refractivity contribution in [3.63, 3.8) is 0 Å². The number of ketones is 1. The average molecular weight is 1330 g/mol. The Labute approximate surface area is 471 Å². The Bertz CT molecular complexity index is 4440. The van der Waals surface area contributed by atoms with Gasteiger partial charge in [-0.1, -0.05) is 24.3 Å². The van der Waals surface area contributed by atoms with E-state index in [0.717, 1.165) is 0 Å². The predicted octanol–water partition coefficient (Wildman–Crippen LogP) is 0.402. The standard InChI is InChI=1S/C41H28N6O29S8/c48-15-44(35-23(77(53,54)55)5-1-6-24(35)78(56,57)58)21-13-19(31-39(33(21)42-31)46(17-50)37-27(81(65,66)67)9-3-10-28(37)82(68,69)70)41(52)20-14-22(45(16-49)36-25(79(59,60)61)7-2-8-26(36)80(62,63)64)34-40(32(20)43-34)47(18-51)38-29(83(71,72)73)11-4-12-30(38)84(74,75)76/h1-18,39-40H,(H,53,54,55)(H,56,57,58)(H,59,60,61)(H,62,63,64)(H,65,66,67)(H,68,69,70)(H,71,72,73)(H,74,75,76). The number of anilines is 6. The highest BCUT2D eigenvalue weighted by atomic mass is 32.2. The van der Waals surface area contributed by atoms with Crippen molar-refractivity contribution in [3.8, 4) is 0 Å². The molecule has 2 aliphatic heterocycles. The van der Waals surface area contributed by atoms with Crippen molar-refractivity contribution in [2.75, 3.05) is 19.6 Å². The normalized spacial score (nSPS) is 15.2. The highest BCUT2D eigenvalue weighted by Gasteiger charge is 2.49. The summed E-state index contributed by atoms with van der Waals surface area (Å²) < 4.78 is 289. The fourth-order valence-electron chi connectivity index (χ4n) is 9.03. The zero-order chi connectivity index (χ0) is 62.7. The lowest BCUT2D eigenvalue weighted by Crippen LogP contribution is -2.42. The summed E-state index contributed by atoms with van der Waals surface area (Å²) in [7, 11) is -46.4. The SMILES string of the molecule is O=CN(c1cc(C(=O)c2cc(N(C=O)c3c(S(=O)(=O)O)cccc3S(=O)(=O)O)c3nc2C3N(C=O)c2c(S(=O)(=O)O)cccc2S(=O)(=O)O)c2nc1C2N(C=O)c1c(S(=O)(=O)O)cccc1S(=O)(=O)O)c1c(S(=O)(=O)O)cccc1S(=O)(=O)O. The van der Waals surface area contributed by atoms with Crippen molar-refractivity contribution in [1.29, 1.82) is 0 Å². The van der Waals surface area contributed by atoms with Gasteiger partial charge < -0.3 is 0 Å². The quantitative estimate of drug-likeness (QED) is 0.0259. The number of hydrogen-bond donors (Lipinski definition) is 8. The molecule has 35 nitrogen and oxygen atoms in total. The molecule has 0 saturated heterocycles. The first kappa shape index (κ1) is 62.1. The zero-order valence-electron chi connectivity index (χ0n) is 40.1. The van der Waals surface area contributed by atoms with Gasteiger partial charge >= 0.3 is 0 Å². The van der Waals surface area contributed by atoms with Gasteiger partial charge in [-0.25, -0.2) is 9.97 Å². The van der Waals surface area contributed by atoms with Gasteiger partial charge in [0.2, 0.25) is 25.6 Å². The van der Waals surface area contributed by atoms with Crippen LogP contribution in [-0.2, 0) is 100 Å². The maximum Gasteiger partial charge on any atom is 0.296 e. The first-order valence-electron chi connectivity index (χ1n) is 21.5. The van der Waals surface area contributed by atoms with E-state index in [1.807, 2.05) is 0 Å². The van der Waals surface area contributed by atoms with Crippen LogP contribution in [0.3, 0.4) is 0 Å². The number of hydrogen-bond acceptors (Lipinski definition) is 23. The van der Waals surface area contributed by atoms with Crippen LogP contribution >= 0.6 is 0 Å². The lowest BCUT2D eigenvalue weighted by Gasteiger charge is -2.41. The smallest absolute Gasteiger partial charge is 0.296 e. The van der Waals surface area contributed by atoms with Gasteiger partial charge in [-0.3, -0.25) is 80.0 Å². The number of aromatic nitrogens is 2. The highest BCUT2D eigenvalue weighted by molar-refractivity contribution is 7.88. The molecule has 6 aromatic rings. The molecule has 0 spiro atoms. The molecule has 4 aliphatic rings. The maximum absolute atomic E-state index is 15.7. The summed E-state index contributed by atoms with van der Waals surface area (Å²) in [6.07, 6.45) is -1.94. The fraction of sp³-hybridized carbons (Fsp3) is 0.0488. The first-order chi connectivity index (χ1) is 38.5. The average Bonchev–Trinajstić information content (AvgIpc) is 0.749. The lowest BCUT2D eigenvalue weighted by molar-refractivity contribution is -0.108. The van der Waals surface area contributed by atoms with E-state index in [1.54, 1.807) is 0 Å². The van der Waals surface area contributed by atoms with Crippen LogP contribution in [0, 0.1) is 0 Å². The molecule has 84 heavy (non-hydrogen) atoms. The van der Waals surface area contributed by atoms with E-state index in [9.17, 15) is 123 Å². The molecule has 4 bridgehead atoms. The maximum atomic E-state index is 15.7. The van der Waals surface area contributed by atoms with Crippen molar-refractivity contribution in [2.45, 2.75) is 51.2 Å². The minimum atomic E-state index is -5.80. The van der Waals surface area contributed by atoms with E-state index < -0.39 is 232 Å². The van der Waals surface area contributed by atoms with Crippen molar-refractivity contribution in [1.82, 2.24) is 9.97 Å². The molecule has 4 amide bonds. The second-order valence-corrected chi connectivity index (χ2v) is 28.1. The number of pyridine rings is 2. The van der Waals surface area contributed by atoms with Gasteiger partial charge in [0.25, 0.3) is 80.9 Å².